The van der Waals surface area contributed by atoms with Crippen LogP contribution in [0.25, 0.3) is 0 Å². The molecule has 0 saturated carbocycles. The van der Waals surface area contributed by atoms with Crippen LogP contribution < -0.4 is 0 Å². The third kappa shape index (κ3) is 12.4. The fourth-order valence-electron chi connectivity index (χ4n) is 1.56. The Bertz CT molecular complexity index is 89.1. The Morgan fingerprint density at radius 1 is 0.692 bits per heavy atom. The summed E-state index contributed by atoms with van der Waals surface area (Å²) in [6, 6.07) is 0. The normalized spacial score (nSPS) is 11.8. The molecule has 0 aliphatic rings. The lowest BCUT2D eigenvalue weighted by atomic mass is 10.1. The lowest BCUT2D eigenvalue weighted by Gasteiger charge is -2.07. The van der Waals surface area contributed by atoms with Crippen molar-refractivity contribution in [2.24, 2.45) is 0 Å². The first kappa shape index (κ1) is 13.4. The molecule has 0 saturated heterocycles. The summed E-state index contributed by atoms with van der Waals surface area (Å²) in [5.41, 5.74) is 0. The Balaban J connectivity index is 2.84. The SMILES string of the molecule is CCCCCCCCCC[SH](C)C. The van der Waals surface area contributed by atoms with E-state index in [0.29, 0.717) is 10.9 Å². The molecule has 0 N–H and O–H groups in total. The molecule has 0 bridgehead atoms. The summed E-state index contributed by atoms with van der Waals surface area (Å²) in [5, 5.41) is 0. The summed E-state index contributed by atoms with van der Waals surface area (Å²) >= 11 is 0. The zero-order valence-electron chi connectivity index (χ0n) is 9.81. The van der Waals surface area contributed by atoms with Crippen LogP contribution in [0.5, 0.6) is 0 Å². The van der Waals surface area contributed by atoms with Gasteiger partial charge in [-0.25, -0.2) is 0 Å². The Morgan fingerprint density at radius 2 is 1.15 bits per heavy atom. The smallest absolute Gasteiger partial charge is 0.0258 e. The van der Waals surface area contributed by atoms with Crippen molar-refractivity contribution in [3.8, 4) is 0 Å². The minimum atomic E-state index is 0.369. The lowest BCUT2D eigenvalue weighted by Crippen LogP contribution is -1.86. The monoisotopic (exact) mass is 204 g/mol. The molecular weight excluding hydrogens is 176 g/mol. The van der Waals surface area contributed by atoms with Crippen molar-refractivity contribution in [3.63, 3.8) is 0 Å². The molecule has 0 aliphatic carbocycles. The van der Waals surface area contributed by atoms with Crippen LogP contribution in [-0.4, -0.2) is 18.3 Å². The van der Waals surface area contributed by atoms with Crippen molar-refractivity contribution in [3.05, 3.63) is 0 Å². The second kappa shape index (κ2) is 10.4. The fraction of sp³-hybridized carbons (Fsp3) is 1.00. The molecule has 0 heterocycles. The number of thiol groups is 1. The van der Waals surface area contributed by atoms with E-state index in [0.717, 1.165) is 0 Å². The molecule has 0 unspecified atom stereocenters. The Hall–Kier alpha value is 0.350. The highest BCUT2D eigenvalue weighted by Crippen LogP contribution is 2.17. The van der Waals surface area contributed by atoms with E-state index in [1.165, 1.54) is 57.1 Å². The molecule has 0 aliphatic heterocycles. The first-order valence-corrected chi connectivity index (χ1v) is 8.34. The van der Waals surface area contributed by atoms with Gasteiger partial charge in [-0.05, 0) is 24.7 Å². The van der Waals surface area contributed by atoms with Crippen LogP contribution in [-0.2, 0) is 0 Å². The highest BCUT2D eigenvalue weighted by molar-refractivity contribution is 8.15. The zero-order valence-corrected chi connectivity index (χ0v) is 10.7. The van der Waals surface area contributed by atoms with Gasteiger partial charge >= 0.3 is 0 Å². The topological polar surface area (TPSA) is 0 Å². The van der Waals surface area contributed by atoms with Gasteiger partial charge in [0.25, 0.3) is 0 Å². The summed E-state index contributed by atoms with van der Waals surface area (Å²) < 4.78 is 0. The average molecular weight is 204 g/mol. The Labute approximate surface area is 87.8 Å². The minimum absolute atomic E-state index is 0.369. The number of hydrogen-bond acceptors (Lipinski definition) is 0. The standard InChI is InChI=1S/C12H28S/c1-4-5-6-7-8-9-10-11-12-13(2)3/h13H,4-12H2,1-3H3. The molecule has 0 fully saturated rings. The Morgan fingerprint density at radius 3 is 1.62 bits per heavy atom. The molecule has 82 valence electrons. The average Bonchev–Trinajstić information content (AvgIpc) is 2.09. The maximum absolute atomic E-state index is 2.39. The van der Waals surface area contributed by atoms with Gasteiger partial charge < -0.3 is 0 Å². The van der Waals surface area contributed by atoms with Gasteiger partial charge in [0, 0.05) is 0 Å². The summed E-state index contributed by atoms with van der Waals surface area (Å²) in [4.78, 5) is 0. The zero-order chi connectivity index (χ0) is 9.94. The first-order valence-electron chi connectivity index (χ1n) is 5.92. The first-order chi connectivity index (χ1) is 6.27. The van der Waals surface area contributed by atoms with Gasteiger partial charge in [0.15, 0.2) is 0 Å². The second-order valence-corrected chi connectivity index (χ2v) is 6.88. The molecule has 0 atom stereocenters. The molecule has 0 nitrogen and oxygen atoms in total. The predicted molar refractivity (Wildman–Crippen MR) is 68.3 cm³/mol. The van der Waals surface area contributed by atoms with Crippen LogP contribution >= 0.6 is 10.9 Å². The van der Waals surface area contributed by atoms with Crippen molar-refractivity contribution in [2.45, 2.75) is 58.3 Å². The molecule has 0 radical (unpaired) electrons. The fourth-order valence-corrected chi connectivity index (χ4v) is 2.42. The number of rotatable bonds is 9. The van der Waals surface area contributed by atoms with E-state index < -0.39 is 0 Å². The predicted octanol–water partition coefficient (Wildman–Crippen LogP) is 4.39. The largest absolute Gasteiger partial charge is 0.259 e. The van der Waals surface area contributed by atoms with Gasteiger partial charge in [-0.2, -0.15) is 0 Å². The van der Waals surface area contributed by atoms with Crippen LogP contribution in [0.15, 0.2) is 0 Å². The van der Waals surface area contributed by atoms with Crippen LogP contribution in [0, 0.1) is 0 Å². The summed E-state index contributed by atoms with van der Waals surface area (Å²) in [6.45, 7) is 2.28. The van der Waals surface area contributed by atoms with Gasteiger partial charge in [-0.15, -0.1) is 0 Å². The molecule has 0 spiro atoms. The van der Waals surface area contributed by atoms with E-state index in [4.69, 9.17) is 0 Å². The van der Waals surface area contributed by atoms with Crippen molar-refractivity contribution in [1.82, 2.24) is 0 Å². The van der Waals surface area contributed by atoms with Gasteiger partial charge in [0.1, 0.15) is 0 Å². The summed E-state index contributed by atoms with van der Waals surface area (Å²) in [5.74, 6) is 1.49. The lowest BCUT2D eigenvalue weighted by molar-refractivity contribution is 0.586. The van der Waals surface area contributed by atoms with Gasteiger partial charge in [0.05, 0.1) is 0 Å². The van der Waals surface area contributed by atoms with Gasteiger partial charge in [-0.1, -0.05) is 51.9 Å². The molecule has 0 aromatic heterocycles. The van der Waals surface area contributed by atoms with Crippen molar-refractivity contribution < 1.29 is 0 Å². The van der Waals surface area contributed by atoms with E-state index >= 15 is 0 Å². The van der Waals surface area contributed by atoms with E-state index in [2.05, 4.69) is 19.4 Å². The molecule has 0 aromatic carbocycles. The van der Waals surface area contributed by atoms with Crippen LogP contribution in [0.1, 0.15) is 58.3 Å². The maximum atomic E-state index is 2.39. The highest BCUT2D eigenvalue weighted by Gasteiger charge is 1.92. The second-order valence-electron chi connectivity index (χ2n) is 4.28. The number of hydrogen-bond donors (Lipinski definition) is 1. The van der Waals surface area contributed by atoms with Crippen molar-refractivity contribution in [1.29, 1.82) is 0 Å². The molecular formula is C12H28S. The third-order valence-corrected chi connectivity index (χ3v) is 3.67. The summed E-state index contributed by atoms with van der Waals surface area (Å²) in [6.07, 6.45) is 16.4. The van der Waals surface area contributed by atoms with E-state index in [1.54, 1.807) is 0 Å². The van der Waals surface area contributed by atoms with Gasteiger partial charge in [-0.3, -0.25) is 10.9 Å². The molecule has 0 amide bonds. The van der Waals surface area contributed by atoms with Crippen molar-refractivity contribution in [2.75, 3.05) is 18.3 Å². The minimum Gasteiger partial charge on any atom is -0.259 e. The molecule has 13 heavy (non-hydrogen) atoms. The highest BCUT2D eigenvalue weighted by atomic mass is 32.2. The van der Waals surface area contributed by atoms with Crippen LogP contribution in [0.4, 0.5) is 0 Å². The third-order valence-electron chi connectivity index (χ3n) is 2.46. The number of unbranched alkanes of at least 4 members (excludes halogenated alkanes) is 7. The van der Waals surface area contributed by atoms with Crippen molar-refractivity contribution >= 4 is 10.9 Å². The molecule has 1 heteroatoms. The van der Waals surface area contributed by atoms with E-state index in [1.807, 2.05) is 0 Å². The van der Waals surface area contributed by atoms with E-state index in [-0.39, 0.29) is 0 Å². The Kier molecular flexibility index (Phi) is 10.7. The summed E-state index contributed by atoms with van der Waals surface area (Å²) in [7, 11) is 0.369. The molecule has 0 rings (SSSR count). The maximum Gasteiger partial charge on any atom is -0.0258 e. The van der Waals surface area contributed by atoms with E-state index in [9.17, 15) is 0 Å². The van der Waals surface area contributed by atoms with Gasteiger partial charge in [0.2, 0.25) is 0 Å². The van der Waals surface area contributed by atoms with Crippen LogP contribution in [0.2, 0.25) is 0 Å². The quantitative estimate of drug-likeness (QED) is 0.418. The van der Waals surface area contributed by atoms with Crippen LogP contribution in [0.3, 0.4) is 0 Å². The molecule has 0 aromatic rings.